The average Bonchev–Trinajstić information content (AvgIpc) is 2.14. The van der Waals surface area contributed by atoms with Crippen molar-refractivity contribution in [3.05, 3.63) is 34.6 Å². The highest BCUT2D eigenvalue weighted by atomic mass is 35.5. The summed E-state index contributed by atoms with van der Waals surface area (Å²) in [6.45, 7) is 0.104. The second-order valence-corrected chi connectivity index (χ2v) is 3.55. The van der Waals surface area contributed by atoms with Crippen LogP contribution in [-0.4, -0.2) is 11.7 Å². The predicted molar refractivity (Wildman–Crippen MR) is 54.7 cm³/mol. The van der Waals surface area contributed by atoms with E-state index in [2.05, 4.69) is 0 Å². The minimum atomic E-state index is -0.367. The normalized spacial score (nSPS) is 12.9. The number of benzene rings is 1. The van der Waals surface area contributed by atoms with E-state index >= 15 is 0 Å². The number of rotatable bonds is 4. The molecule has 0 unspecified atom stereocenters. The van der Waals surface area contributed by atoms with Crippen LogP contribution in [0, 0.1) is 5.82 Å². The van der Waals surface area contributed by atoms with Crippen molar-refractivity contribution in [3.63, 3.8) is 0 Å². The summed E-state index contributed by atoms with van der Waals surface area (Å²) in [7, 11) is 0. The summed E-state index contributed by atoms with van der Waals surface area (Å²) < 4.78 is 12.7. The first kappa shape index (κ1) is 11.4. The Morgan fingerprint density at radius 1 is 1.50 bits per heavy atom. The van der Waals surface area contributed by atoms with Crippen LogP contribution in [0.15, 0.2) is 18.2 Å². The maximum atomic E-state index is 12.7. The molecule has 4 heteroatoms. The van der Waals surface area contributed by atoms with Gasteiger partial charge in [0.1, 0.15) is 5.82 Å². The largest absolute Gasteiger partial charge is 0.396 e. The maximum absolute atomic E-state index is 12.7. The van der Waals surface area contributed by atoms with Crippen molar-refractivity contribution in [3.8, 4) is 0 Å². The third-order valence-corrected chi connectivity index (χ3v) is 2.36. The lowest BCUT2D eigenvalue weighted by atomic mass is 10.0. The van der Waals surface area contributed by atoms with E-state index in [4.69, 9.17) is 22.4 Å². The van der Waals surface area contributed by atoms with Crippen molar-refractivity contribution in [2.24, 2.45) is 5.73 Å². The smallest absolute Gasteiger partial charge is 0.124 e. The van der Waals surface area contributed by atoms with Gasteiger partial charge < -0.3 is 10.8 Å². The van der Waals surface area contributed by atoms with Crippen molar-refractivity contribution in [2.75, 3.05) is 6.61 Å². The van der Waals surface area contributed by atoms with E-state index in [1.54, 1.807) is 6.07 Å². The molecule has 0 aliphatic rings. The van der Waals surface area contributed by atoms with Crippen LogP contribution in [0.5, 0.6) is 0 Å². The Labute approximate surface area is 87.5 Å². The summed E-state index contributed by atoms with van der Waals surface area (Å²) >= 11 is 5.82. The molecule has 1 aromatic rings. The molecule has 1 atom stereocenters. The molecule has 3 N–H and O–H groups in total. The SMILES string of the molecule is N[C@@H](CCCO)c1ccc(F)cc1Cl. The molecule has 0 aromatic heterocycles. The summed E-state index contributed by atoms with van der Waals surface area (Å²) in [5.74, 6) is -0.367. The highest BCUT2D eigenvalue weighted by Gasteiger charge is 2.10. The molecule has 0 spiro atoms. The predicted octanol–water partition coefficient (Wildman–Crippen LogP) is 2.25. The number of aliphatic hydroxyl groups is 1. The Bertz CT molecular complexity index is 306. The second kappa shape index (κ2) is 5.29. The van der Waals surface area contributed by atoms with E-state index in [0.717, 1.165) is 5.56 Å². The summed E-state index contributed by atoms with van der Waals surface area (Å²) in [4.78, 5) is 0. The van der Waals surface area contributed by atoms with Crippen molar-refractivity contribution in [1.82, 2.24) is 0 Å². The summed E-state index contributed by atoms with van der Waals surface area (Å²) in [5.41, 5.74) is 6.54. The molecule has 0 bridgehead atoms. The van der Waals surface area contributed by atoms with Crippen molar-refractivity contribution < 1.29 is 9.50 Å². The van der Waals surface area contributed by atoms with Gasteiger partial charge in [-0.2, -0.15) is 0 Å². The Kier molecular flexibility index (Phi) is 4.32. The van der Waals surface area contributed by atoms with Gasteiger partial charge in [-0.1, -0.05) is 17.7 Å². The summed E-state index contributed by atoms with van der Waals surface area (Å²) in [5, 5.41) is 8.97. The number of nitrogens with two attached hydrogens (primary N) is 1. The first-order valence-corrected chi connectivity index (χ1v) is 4.84. The molecule has 0 amide bonds. The molecular weight excluding hydrogens is 205 g/mol. The second-order valence-electron chi connectivity index (χ2n) is 3.14. The van der Waals surface area contributed by atoms with Gasteiger partial charge in [0, 0.05) is 17.7 Å². The molecule has 0 aliphatic carbocycles. The molecule has 0 radical (unpaired) electrons. The molecule has 0 aliphatic heterocycles. The van der Waals surface area contributed by atoms with E-state index < -0.39 is 0 Å². The lowest BCUT2D eigenvalue weighted by Crippen LogP contribution is -2.11. The number of hydrogen-bond acceptors (Lipinski definition) is 2. The van der Waals surface area contributed by atoms with Gasteiger partial charge in [0.15, 0.2) is 0 Å². The Morgan fingerprint density at radius 3 is 2.79 bits per heavy atom. The fourth-order valence-electron chi connectivity index (χ4n) is 1.27. The molecule has 0 fully saturated rings. The van der Waals surface area contributed by atoms with E-state index in [-0.39, 0.29) is 18.5 Å². The van der Waals surface area contributed by atoms with E-state index in [9.17, 15) is 4.39 Å². The van der Waals surface area contributed by atoms with Crippen molar-refractivity contribution in [2.45, 2.75) is 18.9 Å². The zero-order valence-electron chi connectivity index (χ0n) is 7.71. The van der Waals surface area contributed by atoms with Gasteiger partial charge in [0.2, 0.25) is 0 Å². The van der Waals surface area contributed by atoms with Gasteiger partial charge in [-0.25, -0.2) is 4.39 Å². The van der Waals surface area contributed by atoms with Gasteiger partial charge >= 0.3 is 0 Å². The van der Waals surface area contributed by atoms with Crippen LogP contribution in [0.1, 0.15) is 24.4 Å². The lowest BCUT2D eigenvalue weighted by molar-refractivity contribution is 0.280. The molecule has 0 saturated heterocycles. The highest BCUT2D eigenvalue weighted by molar-refractivity contribution is 6.31. The summed E-state index contributed by atoms with van der Waals surface area (Å²) in [6, 6.07) is 3.92. The zero-order chi connectivity index (χ0) is 10.6. The fraction of sp³-hybridized carbons (Fsp3) is 0.400. The summed E-state index contributed by atoms with van der Waals surface area (Å²) in [6.07, 6.45) is 1.26. The average molecular weight is 218 g/mol. The monoisotopic (exact) mass is 217 g/mol. The fourth-order valence-corrected chi connectivity index (χ4v) is 1.58. The molecule has 0 saturated carbocycles. The molecule has 0 heterocycles. The highest BCUT2D eigenvalue weighted by Crippen LogP contribution is 2.24. The number of hydrogen-bond donors (Lipinski definition) is 2. The standard InChI is InChI=1S/C10H13ClFNO/c11-9-6-7(12)3-4-8(9)10(13)2-1-5-14/h3-4,6,10,14H,1-2,5,13H2/t10-/m0/s1. The van der Waals surface area contributed by atoms with Crippen LogP contribution in [0.25, 0.3) is 0 Å². The van der Waals surface area contributed by atoms with Gasteiger partial charge in [-0.15, -0.1) is 0 Å². The molecule has 14 heavy (non-hydrogen) atoms. The van der Waals surface area contributed by atoms with Crippen LogP contribution in [-0.2, 0) is 0 Å². The Balaban J connectivity index is 2.74. The lowest BCUT2D eigenvalue weighted by Gasteiger charge is -2.12. The molecule has 1 rings (SSSR count). The minimum absolute atomic E-state index is 0.104. The third-order valence-electron chi connectivity index (χ3n) is 2.04. The first-order chi connectivity index (χ1) is 6.65. The van der Waals surface area contributed by atoms with Crippen LogP contribution in [0.4, 0.5) is 4.39 Å². The van der Waals surface area contributed by atoms with Crippen LogP contribution in [0.2, 0.25) is 5.02 Å². The van der Waals surface area contributed by atoms with E-state index in [1.807, 2.05) is 0 Å². The zero-order valence-corrected chi connectivity index (χ0v) is 8.47. The van der Waals surface area contributed by atoms with Gasteiger partial charge in [0.05, 0.1) is 0 Å². The van der Waals surface area contributed by atoms with Gasteiger partial charge in [0.25, 0.3) is 0 Å². The van der Waals surface area contributed by atoms with E-state index in [0.29, 0.717) is 17.9 Å². The molecule has 78 valence electrons. The van der Waals surface area contributed by atoms with Crippen LogP contribution < -0.4 is 5.73 Å². The van der Waals surface area contributed by atoms with Crippen molar-refractivity contribution in [1.29, 1.82) is 0 Å². The maximum Gasteiger partial charge on any atom is 0.124 e. The number of halogens is 2. The Hall–Kier alpha value is -0.640. The molecule has 2 nitrogen and oxygen atoms in total. The first-order valence-electron chi connectivity index (χ1n) is 4.46. The van der Waals surface area contributed by atoms with E-state index in [1.165, 1.54) is 12.1 Å². The third kappa shape index (κ3) is 2.94. The van der Waals surface area contributed by atoms with Crippen LogP contribution in [0.3, 0.4) is 0 Å². The topological polar surface area (TPSA) is 46.2 Å². The molecular formula is C10H13ClFNO. The van der Waals surface area contributed by atoms with Gasteiger partial charge in [-0.3, -0.25) is 0 Å². The quantitative estimate of drug-likeness (QED) is 0.813. The Morgan fingerprint density at radius 2 is 2.21 bits per heavy atom. The number of aliphatic hydroxyl groups excluding tert-OH is 1. The van der Waals surface area contributed by atoms with Gasteiger partial charge in [-0.05, 0) is 30.5 Å². The van der Waals surface area contributed by atoms with Crippen molar-refractivity contribution >= 4 is 11.6 Å². The van der Waals surface area contributed by atoms with Crippen LogP contribution >= 0.6 is 11.6 Å². The molecule has 1 aromatic carbocycles. The minimum Gasteiger partial charge on any atom is -0.396 e.